The van der Waals surface area contributed by atoms with E-state index in [0.717, 1.165) is 36.1 Å². The van der Waals surface area contributed by atoms with E-state index in [4.69, 9.17) is 10.00 Å². The van der Waals surface area contributed by atoms with Crippen LogP contribution in [-0.4, -0.2) is 13.6 Å². The zero-order valence-electron chi connectivity index (χ0n) is 13.1. The van der Waals surface area contributed by atoms with Gasteiger partial charge in [-0.05, 0) is 67.4 Å². The first-order chi connectivity index (χ1) is 11.2. The Kier molecular flexibility index (Phi) is 5.71. The first kappa shape index (κ1) is 18.1. The largest absolute Gasteiger partial charge is 0.361 e. The molecule has 1 aliphatic rings. The van der Waals surface area contributed by atoms with Crippen LogP contribution < -0.4 is 5.32 Å². The van der Waals surface area contributed by atoms with Crippen LogP contribution in [0.2, 0.25) is 0 Å². The Morgan fingerprint density at radius 3 is 2.67 bits per heavy atom. The van der Waals surface area contributed by atoms with Crippen LogP contribution >= 0.6 is 0 Å². The molecule has 3 nitrogen and oxygen atoms in total. The summed E-state index contributed by atoms with van der Waals surface area (Å²) in [5.74, 6) is -0.253. The topological polar surface area (TPSA) is 45.0 Å². The third kappa shape index (κ3) is 3.19. The summed E-state index contributed by atoms with van der Waals surface area (Å²) >= 11 is 0. The third-order valence-electron chi connectivity index (χ3n) is 4.41. The zero-order valence-corrected chi connectivity index (χ0v) is 13.1. The standard InChI is InChI=1S/C19H19FN2O.CH4/c1-22-10-2-9-19(16-4-6-17(20)7-5-16)18-8-3-14(12-21)11-15(18)13-23-19;/h3-8,11,22H,2,9-10,13H2,1H3;1H4. The fraction of sp³-hybridized carbons (Fsp3) is 0.350. The first-order valence-electron chi connectivity index (χ1n) is 7.78. The van der Waals surface area contributed by atoms with E-state index in [9.17, 15) is 4.39 Å². The van der Waals surface area contributed by atoms with E-state index in [1.54, 1.807) is 12.1 Å². The van der Waals surface area contributed by atoms with Crippen molar-refractivity contribution in [2.45, 2.75) is 32.5 Å². The Hall–Kier alpha value is -2.22. The molecule has 1 atom stereocenters. The van der Waals surface area contributed by atoms with Crippen LogP contribution in [0.5, 0.6) is 0 Å². The maximum Gasteiger partial charge on any atom is 0.123 e. The van der Waals surface area contributed by atoms with E-state index in [1.807, 2.05) is 25.2 Å². The fourth-order valence-corrected chi connectivity index (χ4v) is 3.28. The molecule has 3 rings (SSSR count). The lowest BCUT2D eigenvalue weighted by atomic mass is 9.81. The van der Waals surface area contributed by atoms with Crippen molar-refractivity contribution in [3.8, 4) is 6.07 Å². The summed E-state index contributed by atoms with van der Waals surface area (Å²) in [5.41, 5.74) is 3.15. The second kappa shape index (κ2) is 7.57. The van der Waals surface area contributed by atoms with Gasteiger partial charge in [0.05, 0.1) is 18.2 Å². The molecule has 1 unspecified atom stereocenters. The maximum absolute atomic E-state index is 13.3. The Morgan fingerprint density at radius 1 is 1.25 bits per heavy atom. The molecule has 24 heavy (non-hydrogen) atoms. The highest BCUT2D eigenvalue weighted by Crippen LogP contribution is 2.45. The molecule has 0 spiro atoms. The lowest BCUT2D eigenvalue weighted by Crippen LogP contribution is -2.28. The van der Waals surface area contributed by atoms with E-state index in [2.05, 4.69) is 11.4 Å². The van der Waals surface area contributed by atoms with E-state index >= 15 is 0 Å². The molecule has 1 heterocycles. The van der Waals surface area contributed by atoms with E-state index in [-0.39, 0.29) is 13.2 Å². The minimum Gasteiger partial charge on any atom is -0.361 e. The molecule has 0 radical (unpaired) electrons. The Labute approximate surface area is 143 Å². The molecule has 0 saturated heterocycles. The van der Waals surface area contributed by atoms with Gasteiger partial charge in [-0.25, -0.2) is 4.39 Å². The SMILES string of the molecule is C.CNCCCC1(c2ccc(F)cc2)OCc2cc(C#N)ccc21. The molecule has 0 saturated carbocycles. The van der Waals surface area contributed by atoms with Crippen molar-refractivity contribution in [2.75, 3.05) is 13.6 Å². The van der Waals surface area contributed by atoms with Crippen LogP contribution in [-0.2, 0) is 16.9 Å². The number of hydrogen-bond acceptors (Lipinski definition) is 3. The molecular weight excluding hydrogens is 303 g/mol. The van der Waals surface area contributed by atoms with Crippen LogP contribution in [0.1, 0.15) is 42.5 Å². The number of benzene rings is 2. The van der Waals surface area contributed by atoms with Gasteiger partial charge in [-0.2, -0.15) is 5.26 Å². The van der Waals surface area contributed by atoms with Gasteiger partial charge in [-0.15, -0.1) is 0 Å². The summed E-state index contributed by atoms with van der Waals surface area (Å²) in [6, 6.07) is 14.4. The number of nitrogens with one attached hydrogen (secondary N) is 1. The summed E-state index contributed by atoms with van der Waals surface area (Å²) in [6.07, 6.45) is 1.74. The molecule has 0 aliphatic carbocycles. The fourth-order valence-electron chi connectivity index (χ4n) is 3.28. The van der Waals surface area contributed by atoms with Crippen molar-refractivity contribution in [3.63, 3.8) is 0 Å². The first-order valence-corrected chi connectivity index (χ1v) is 7.78. The lowest BCUT2D eigenvalue weighted by molar-refractivity contribution is -0.0128. The van der Waals surface area contributed by atoms with Gasteiger partial charge in [-0.3, -0.25) is 0 Å². The van der Waals surface area contributed by atoms with Crippen LogP contribution in [0.4, 0.5) is 4.39 Å². The number of halogens is 1. The maximum atomic E-state index is 13.3. The molecule has 0 amide bonds. The monoisotopic (exact) mass is 326 g/mol. The number of nitriles is 1. The van der Waals surface area contributed by atoms with Gasteiger partial charge in [0.25, 0.3) is 0 Å². The van der Waals surface area contributed by atoms with Crippen molar-refractivity contribution < 1.29 is 9.13 Å². The van der Waals surface area contributed by atoms with Crippen LogP contribution in [0.3, 0.4) is 0 Å². The molecule has 1 N–H and O–H groups in total. The summed E-state index contributed by atoms with van der Waals surface area (Å²) in [7, 11) is 1.92. The molecule has 2 aromatic carbocycles. The van der Waals surface area contributed by atoms with Crippen LogP contribution in [0.15, 0.2) is 42.5 Å². The zero-order chi connectivity index (χ0) is 16.3. The van der Waals surface area contributed by atoms with Gasteiger partial charge in [0.2, 0.25) is 0 Å². The highest BCUT2D eigenvalue weighted by atomic mass is 19.1. The molecule has 2 aromatic rings. The highest BCUT2D eigenvalue weighted by molar-refractivity contribution is 5.47. The van der Waals surface area contributed by atoms with Crippen LogP contribution in [0.25, 0.3) is 0 Å². The Balaban J connectivity index is 0.00000208. The van der Waals surface area contributed by atoms with Gasteiger partial charge in [0, 0.05) is 0 Å². The van der Waals surface area contributed by atoms with Crippen molar-refractivity contribution in [2.24, 2.45) is 0 Å². The van der Waals surface area contributed by atoms with Gasteiger partial charge in [-0.1, -0.05) is 25.6 Å². The minimum atomic E-state index is -0.562. The normalized spacial score (nSPS) is 18.5. The van der Waals surface area contributed by atoms with E-state index < -0.39 is 5.60 Å². The molecule has 0 fully saturated rings. The number of rotatable bonds is 5. The third-order valence-corrected chi connectivity index (χ3v) is 4.41. The van der Waals surface area contributed by atoms with Gasteiger partial charge >= 0.3 is 0 Å². The smallest absolute Gasteiger partial charge is 0.123 e. The number of nitrogens with zero attached hydrogens (tertiary/aromatic N) is 1. The second-order valence-corrected chi connectivity index (χ2v) is 5.81. The van der Waals surface area contributed by atoms with Gasteiger partial charge < -0.3 is 10.1 Å². The van der Waals surface area contributed by atoms with Crippen LogP contribution in [0, 0.1) is 17.1 Å². The number of fused-ring (bicyclic) bond motifs is 1. The van der Waals surface area contributed by atoms with E-state index in [1.165, 1.54) is 12.1 Å². The Morgan fingerprint density at radius 2 is 2.00 bits per heavy atom. The van der Waals surface area contributed by atoms with Gasteiger partial charge in [0.1, 0.15) is 11.4 Å². The summed E-state index contributed by atoms with van der Waals surface area (Å²) in [6.45, 7) is 1.36. The average molecular weight is 326 g/mol. The minimum absolute atomic E-state index is 0. The van der Waals surface area contributed by atoms with Crippen molar-refractivity contribution in [3.05, 3.63) is 70.5 Å². The molecule has 0 aromatic heterocycles. The predicted molar refractivity (Wildman–Crippen MR) is 93.0 cm³/mol. The molecular formula is C20H23FN2O. The number of hydrogen-bond donors (Lipinski definition) is 1. The highest BCUT2D eigenvalue weighted by Gasteiger charge is 2.41. The Bertz CT molecular complexity index is 736. The lowest BCUT2D eigenvalue weighted by Gasteiger charge is -2.30. The second-order valence-electron chi connectivity index (χ2n) is 5.81. The van der Waals surface area contributed by atoms with Crippen molar-refractivity contribution >= 4 is 0 Å². The van der Waals surface area contributed by atoms with Crippen molar-refractivity contribution in [1.29, 1.82) is 5.26 Å². The van der Waals surface area contributed by atoms with Crippen molar-refractivity contribution in [1.82, 2.24) is 5.32 Å². The summed E-state index contributed by atoms with van der Waals surface area (Å²) in [4.78, 5) is 0. The van der Waals surface area contributed by atoms with Gasteiger partial charge in [0.15, 0.2) is 0 Å². The predicted octanol–water partition coefficient (Wildman–Crippen LogP) is 4.11. The molecule has 4 heteroatoms. The molecule has 0 bridgehead atoms. The summed E-state index contributed by atoms with van der Waals surface area (Å²) < 4.78 is 19.5. The average Bonchev–Trinajstić information content (AvgIpc) is 2.95. The van der Waals surface area contributed by atoms with E-state index in [0.29, 0.717) is 12.2 Å². The molecule has 1 aliphatic heterocycles. The quantitative estimate of drug-likeness (QED) is 0.841. The number of ether oxygens (including phenoxy) is 1. The molecule has 126 valence electrons. The summed E-state index contributed by atoms with van der Waals surface area (Å²) in [5, 5.41) is 12.2.